The van der Waals surface area contributed by atoms with Gasteiger partial charge in [-0.25, -0.2) is 4.98 Å². The monoisotopic (exact) mass is 262 g/mol. The van der Waals surface area contributed by atoms with Gasteiger partial charge in [-0.15, -0.1) is 0 Å². The first-order chi connectivity index (χ1) is 8.05. The van der Waals surface area contributed by atoms with E-state index in [4.69, 9.17) is 0 Å². The van der Waals surface area contributed by atoms with Gasteiger partial charge in [0, 0.05) is 18.0 Å². The summed E-state index contributed by atoms with van der Waals surface area (Å²) in [6.45, 7) is 0.767. The zero-order chi connectivity index (χ0) is 12.3. The van der Waals surface area contributed by atoms with Gasteiger partial charge in [0.15, 0.2) is 0 Å². The molecule has 0 bridgehead atoms. The van der Waals surface area contributed by atoms with E-state index in [1.807, 2.05) is 11.8 Å². The van der Waals surface area contributed by atoms with Gasteiger partial charge in [-0.05, 0) is 30.7 Å². The van der Waals surface area contributed by atoms with E-state index in [1.165, 1.54) is 18.2 Å². The second kappa shape index (κ2) is 5.16. The van der Waals surface area contributed by atoms with Gasteiger partial charge in [0.25, 0.3) is 0 Å². The number of nitrogens with one attached hydrogen (secondary N) is 1. The molecule has 0 amide bonds. The van der Waals surface area contributed by atoms with E-state index in [2.05, 4.69) is 10.3 Å². The predicted molar refractivity (Wildman–Crippen MR) is 63.2 cm³/mol. The lowest BCUT2D eigenvalue weighted by molar-refractivity contribution is -0.137. The lowest BCUT2D eigenvalue weighted by atomic mass is 10.2. The predicted octanol–water partition coefficient (Wildman–Crippen LogP) is 3.41. The van der Waals surface area contributed by atoms with Crippen molar-refractivity contribution >= 4 is 17.6 Å². The van der Waals surface area contributed by atoms with E-state index < -0.39 is 11.7 Å². The summed E-state index contributed by atoms with van der Waals surface area (Å²) in [5.41, 5.74) is -0.710. The molecule has 0 aliphatic carbocycles. The van der Waals surface area contributed by atoms with Crippen LogP contribution in [0.15, 0.2) is 18.3 Å². The van der Waals surface area contributed by atoms with Crippen LogP contribution in [0.5, 0.6) is 0 Å². The summed E-state index contributed by atoms with van der Waals surface area (Å²) < 4.78 is 36.9. The van der Waals surface area contributed by atoms with Crippen LogP contribution < -0.4 is 5.32 Å². The molecular weight excluding hydrogens is 249 g/mol. The van der Waals surface area contributed by atoms with Crippen molar-refractivity contribution in [3.8, 4) is 0 Å². The largest absolute Gasteiger partial charge is 0.417 e. The van der Waals surface area contributed by atoms with Gasteiger partial charge in [-0.3, -0.25) is 0 Å². The molecule has 17 heavy (non-hydrogen) atoms. The maximum absolute atomic E-state index is 12.3. The van der Waals surface area contributed by atoms with Gasteiger partial charge in [0.2, 0.25) is 0 Å². The quantitative estimate of drug-likeness (QED) is 0.903. The standard InChI is InChI=1S/C11H13F3N2S/c12-11(13,14)8-3-4-10(15-6-8)16-7-9-2-1-5-17-9/h3-4,6,9H,1-2,5,7H2,(H,15,16). The fourth-order valence-electron chi connectivity index (χ4n) is 1.69. The molecule has 1 aliphatic rings. The number of hydrogen-bond donors (Lipinski definition) is 1. The molecule has 0 saturated carbocycles. The molecule has 1 aliphatic heterocycles. The second-order valence-electron chi connectivity index (χ2n) is 3.95. The van der Waals surface area contributed by atoms with Crippen molar-refractivity contribution < 1.29 is 13.2 Å². The van der Waals surface area contributed by atoms with Crippen LogP contribution in [0.4, 0.5) is 19.0 Å². The van der Waals surface area contributed by atoms with E-state index >= 15 is 0 Å². The van der Waals surface area contributed by atoms with Crippen molar-refractivity contribution in [1.82, 2.24) is 4.98 Å². The second-order valence-corrected chi connectivity index (χ2v) is 5.35. The highest BCUT2D eigenvalue weighted by Gasteiger charge is 2.30. The molecule has 2 heterocycles. The van der Waals surface area contributed by atoms with Crippen molar-refractivity contribution in [1.29, 1.82) is 0 Å². The van der Waals surface area contributed by atoms with Crippen LogP contribution in [0.1, 0.15) is 18.4 Å². The Morgan fingerprint density at radius 2 is 2.24 bits per heavy atom. The third-order valence-electron chi connectivity index (χ3n) is 2.63. The molecule has 1 saturated heterocycles. The number of thioether (sulfide) groups is 1. The average molecular weight is 262 g/mol. The summed E-state index contributed by atoms with van der Waals surface area (Å²) in [5.74, 6) is 1.68. The fourth-order valence-corrected chi connectivity index (χ4v) is 2.89. The Bertz CT molecular complexity index is 358. The van der Waals surface area contributed by atoms with Crippen molar-refractivity contribution in [2.75, 3.05) is 17.6 Å². The third kappa shape index (κ3) is 3.52. The van der Waals surface area contributed by atoms with Gasteiger partial charge < -0.3 is 5.32 Å². The van der Waals surface area contributed by atoms with E-state index in [0.717, 1.165) is 25.2 Å². The molecule has 0 radical (unpaired) electrons. The Morgan fingerprint density at radius 1 is 1.41 bits per heavy atom. The molecule has 1 atom stereocenters. The summed E-state index contributed by atoms with van der Waals surface area (Å²) in [4.78, 5) is 3.77. The highest BCUT2D eigenvalue weighted by Crippen LogP contribution is 2.29. The first-order valence-corrected chi connectivity index (χ1v) is 6.49. The zero-order valence-electron chi connectivity index (χ0n) is 9.13. The van der Waals surface area contributed by atoms with Crippen LogP contribution in [-0.4, -0.2) is 22.5 Å². The number of pyridine rings is 1. The van der Waals surface area contributed by atoms with Crippen LogP contribution in [0.3, 0.4) is 0 Å². The summed E-state index contributed by atoms with van der Waals surface area (Å²) in [7, 11) is 0. The molecule has 6 heteroatoms. The van der Waals surface area contributed by atoms with Crippen LogP contribution >= 0.6 is 11.8 Å². The highest BCUT2D eigenvalue weighted by molar-refractivity contribution is 8.00. The maximum Gasteiger partial charge on any atom is 0.417 e. The number of anilines is 1. The highest BCUT2D eigenvalue weighted by atomic mass is 32.2. The van der Waals surface area contributed by atoms with Gasteiger partial charge in [0.1, 0.15) is 5.82 Å². The molecule has 1 N–H and O–H groups in total. The molecule has 1 fully saturated rings. The smallest absolute Gasteiger partial charge is 0.369 e. The molecule has 1 unspecified atom stereocenters. The molecule has 94 valence electrons. The molecule has 2 nitrogen and oxygen atoms in total. The maximum atomic E-state index is 12.3. The lowest BCUT2D eigenvalue weighted by Crippen LogP contribution is -2.14. The van der Waals surface area contributed by atoms with Crippen molar-refractivity contribution in [3.05, 3.63) is 23.9 Å². The number of rotatable bonds is 3. The van der Waals surface area contributed by atoms with Crippen LogP contribution in [-0.2, 0) is 6.18 Å². The topological polar surface area (TPSA) is 24.9 Å². The number of alkyl halides is 3. The van der Waals surface area contributed by atoms with Gasteiger partial charge in [-0.2, -0.15) is 24.9 Å². The lowest BCUT2D eigenvalue weighted by Gasteiger charge is -2.11. The van der Waals surface area contributed by atoms with E-state index in [1.54, 1.807) is 0 Å². The normalized spacial score (nSPS) is 20.5. The molecule has 1 aromatic heterocycles. The number of hydrogen-bond acceptors (Lipinski definition) is 3. The summed E-state index contributed by atoms with van der Waals surface area (Å²) >= 11 is 1.90. The van der Waals surface area contributed by atoms with Gasteiger partial charge in [0.05, 0.1) is 5.56 Å². The Balaban J connectivity index is 1.89. The van der Waals surface area contributed by atoms with Crippen LogP contribution in [0.25, 0.3) is 0 Å². The summed E-state index contributed by atoms with van der Waals surface area (Å²) in [6, 6.07) is 2.43. The SMILES string of the molecule is FC(F)(F)c1ccc(NCC2CCCS2)nc1. The van der Waals surface area contributed by atoms with Crippen molar-refractivity contribution in [2.45, 2.75) is 24.3 Å². The Hall–Kier alpha value is -0.910. The Kier molecular flexibility index (Phi) is 3.81. The molecule has 0 spiro atoms. The number of halogens is 3. The van der Waals surface area contributed by atoms with E-state index in [9.17, 15) is 13.2 Å². The van der Waals surface area contributed by atoms with Crippen molar-refractivity contribution in [2.24, 2.45) is 0 Å². The average Bonchev–Trinajstić information content (AvgIpc) is 2.78. The first-order valence-electron chi connectivity index (χ1n) is 5.44. The van der Waals surface area contributed by atoms with Gasteiger partial charge >= 0.3 is 6.18 Å². The van der Waals surface area contributed by atoms with Crippen molar-refractivity contribution in [3.63, 3.8) is 0 Å². The van der Waals surface area contributed by atoms with Crippen LogP contribution in [0, 0.1) is 0 Å². The minimum atomic E-state index is -4.31. The number of aromatic nitrogens is 1. The Labute approximate surface area is 102 Å². The zero-order valence-corrected chi connectivity index (χ0v) is 9.94. The minimum absolute atomic E-state index is 0.505. The van der Waals surface area contributed by atoms with E-state index in [0.29, 0.717) is 11.1 Å². The first kappa shape index (κ1) is 12.5. The van der Waals surface area contributed by atoms with E-state index in [-0.39, 0.29) is 0 Å². The molecule has 2 rings (SSSR count). The summed E-state index contributed by atoms with van der Waals surface area (Å²) in [5, 5.41) is 3.62. The fraction of sp³-hybridized carbons (Fsp3) is 0.545. The van der Waals surface area contributed by atoms with Gasteiger partial charge in [-0.1, -0.05) is 0 Å². The van der Waals surface area contributed by atoms with Crippen LogP contribution in [0.2, 0.25) is 0 Å². The Morgan fingerprint density at radius 3 is 2.76 bits per heavy atom. The third-order valence-corrected chi connectivity index (χ3v) is 4.02. The minimum Gasteiger partial charge on any atom is -0.369 e. The number of nitrogens with zero attached hydrogens (tertiary/aromatic N) is 1. The molecule has 0 aromatic carbocycles. The summed E-state index contributed by atoms with van der Waals surface area (Å²) in [6.07, 6.45) is -1.06. The molecular formula is C11H13F3N2S. The molecule has 1 aromatic rings.